The molecule has 0 spiro atoms. The molecule has 5 nitrogen and oxygen atoms in total. The van der Waals surface area contributed by atoms with Crippen molar-refractivity contribution in [3.05, 3.63) is 33.3 Å². The molecule has 0 bridgehead atoms. The number of nitriles is 1. The molecule has 0 aliphatic rings. The van der Waals surface area contributed by atoms with Crippen LogP contribution in [-0.4, -0.2) is 11.0 Å². The summed E-state index contributed by atoms with van der Waals surface area (Å²) < 4.78 is 5.05. The first kappa shape index (κ1) is 11.3. The van der Waals surface area contributed by atoms with Crippen LogP contribution < -0.4 is 4.74 Å². The Morgan fingerprint density at radius 3 is 2.87 bits per heavy atom. The zero-order valence-corrected chi connectivity index (χ0v) is 8.56. The van der Waals surface area contributed by atoms with Crippen molar-refractivity contribution >= 4 is 17.3 Å². The van der Waals surface area contributed by atoms with Crippen molar-refractivity contribution in [2.24, 2.45) is 0 Å². The highest BCUT2D eigenvalue weighted by atomic mass is 35.5. The maximum absolute atomic E-state index is 10.6. The summed E-state index contributed by atoms with van der Waals surface area (Å²) in [5.41, 5.74) is -0.246. The molecule has 0 aliphatic carbocycles. The van der Waals surface area contributed by atoms with Gasteiger partial charge >= 0.3 is 5.69 Å². The van der Waals surface area contributed by atoms with E-state index >= 15 is 0 Å². The van der Waals surface area contributed by atoms with Crippen molar-refractivity contribution in [3.8, 4) is 11.8 Å². The van der Waals surface area contributed by atoms with Crippen LogP contribution in [0.25, 0.3) is 0 Å². The van der Waals surface area contributed by atoms with E-state index in [1.807, 2.05) is 6.07 Å². The zero-order valence-electron chi connectivity index (χ0n) is 7.81. The van der Waals surface area contributed by atoms with Crippen LogP contribution in [0.3, 0.4) is 0 Å². The second-order valence-electron chi connectivity index (χ2n) is 2.76. The number of nitro benzene ring substituents is 1. The number of hydrogen-bond donors (Lipinski definition) is 0. The highest BCUT2D eigenvalue weighted by Crippen LogP contribution is 2.30. The van der Waals surface area contributed by atoms with Gasteiger partial charge in [-0.15, -0.1) is 0 Å². The topological polar surface area (TPSA) is 76.2 Å². The lowest BCUT2D eigenvalue weighted by Gasteiger charge is -2.07. The number of nitro groups is 1. The third-order valence-corrected chi connectivity index (χ3v) is 1.84. The van der Waals surface area contributed by atoms with Crippen LogP contribution in [0, 0.1) is 21.4 Å². The van der Waals surface area contributed by atoms with Crippen molar-refractivity contribution in [1.82, 2.24) is 0 Å². The van der Waals surface area contributed by atoms with E-state index in [0.29, 0.717) is 0 Å². The Hall–Kier alpha value is -1.80. The summed E-state index contributed by atoms with van der Waals surface area (Å²) in [6.45, 7) is 1.50. The van der Waals surface area contributed by atoms with Crippen LogP contribution in [0.4, 0.5) is 5.69 Å². The van der Waals surface area contributed by atoms with Gasteiger partial charge in [0.25, 0.3) is 0 Å². The van der Waals surface area contributed by atoms with E-state index in [-0.39, 0.29) is 16.5 Å². The smallest absolute Gasteiger partial charge is 0.312 e. The summed E-state index contributed by atoms with van der Waals surface area (Å²) in [4.78, 5) is 10.0. The Morgan fingerprint density at radius 1 is 1.67 bits per heavy atom. The Morgan fingerprint density at radius 2 is 2.33 bits per heavy atom. The number of halogens is 1. The molecule has 78 valence electrons. The molecule has 15 heavy (non-hydrogen) atoms. The Labute approximate surface area is 91.0 Å². The van der Waals surface area contributed by atoms with Gasteiger partial charge in [-0.2, -0.15) is 5.26 Å². The molecule has 1 unspecified atom stereocenters. The monoisotopic (exact) mass is 226 g/mol. The third kappa shape index (κ3) is 2.82. The molecule has 0 radical (unpaired) electrons. The molecule has 1 atom stereocenters. The highest BCUT2D eigenvalue weighted by molar-refractivity contribution is 6.30. The molecule has 6 heteroatoms. The maximum Gasteiger partial charge on any atom is 0.312 e. The normalized spacial score (nSPS) is 11.5. The molecule has 0 saturated heterocycles. The molecule has 0 aromatic heterocycles. The summed E-state index contributed by atoms with van der Waals surface area (Å²) in [7, 11) is 0. The number of rotatable bonds is 3. The van der Waals surface area contributed by atoms with E-state index in [0.717, 1.165) is 0 Å². The lowest BCUT2D eigenvalue weighted by molar-refractivity contribution is -0.386. The van der Waals surface area contributed by atoms with E-state index in [1.54, 1.807) is 0 Å². The minimum Gasteiger partial charge on any atom is -0.469 e. The molecule has 0 aliphatic heterocycles. The van der Waals surface area contributed by atoms with E-state index in [2.05, 4.69) is 0 Å². The van der Waals surface area contributed by atoms with Gasteiger partial charge < -0.3 is 4.74 Å². The predicted molar refractivity (Wildman–Crippen MR) is 53.8 cm³/mol. The largest absolute Gasteiger partial charge is 0.469 e. The summed E-state index contributed by atoms with van der Waals surface area (Å²) in [6, 6.07) is 5.83. The number of ether oxygens (including phenoxy) is 1. The van der Waals surface area contributed by atoms with Gasteiger partial charge in [0.1, 0.15) is 6.07 Å². The van der Waals surface area contributed by atoms with E-state index in [9.17, 15) is 10.1 Å². The molecule has 0 saturated carbocycles. The second-order valence-corrected chi connectivity index (χ2v) is 3.19. The summed E-state index contributed by atoms with van der Waals surface area (Å²) in [6.07, 6.45) is -0.745. The lowest BCUT2D eigenvalue weighted by Crippen LogP contribution is -2.09. The van der Waals surface area contributed by atoms with Gasteiger partial charge in [0.15, 0.2) is 11.9 Å². The van der Waals surface area contributed by atoms with Crippen LogP contribution in [0.2, 0.25) is 5.02 Å². The Kier molecular flexibility index (Phi) is 3.47. The number of hydrogen-bond acceptors (Lipinski definition) is 4. The Bertz CT molecular complexity index is 428. The first-order valence-electron chi connectivity index (χ1n) is 4.05. The molecule has 0 heterocycles. The summed E-state index contributed by atoms with van der Waals surface area (Å²) >= 11 is 5.61. The minimum absolute atomic E-state index is 0.0402. The van der Waals surface area contributed by atoms with Crippen LogP contribution in [-0.2, 0) is 0 Å². The predicted octanol–water partition coefficient (Wildman–Crippen LogP) is 2.54. The zero-order chi connectivity index (χ0) is 11.4. The van der Waals surface area contributed by atoms with Crippen molar-refractivity contribution in [2.45, 2.75) is 13.0 Å². The quantitative estimate of drug-likeness (QED) is 0.586. The summed E-state index contributed by atoms with van der Waals surface area (Å²) in [5.74, 6) is 0.0402. The number of benzene rings is 1. The highest BCUT2D eigenvalue weighted by Gasteiger charge is 2.17. The fraction of sp³-hybridized carbons (Fsp3) is 0.222. The molecular formula is C9H7ClN2O3. The molecule has 0 amide bonds. The molecular weight excluding hydrogens is 220 g/mol. The molecule has 1 aromatic carbocycles. The molecule has 1 aromatic rings. The van der Waals surface area contributed by atoms with Crippen molar-refractivity contribution in [1.29, 1.82) is 5.26 Å². The standard InChI is InChI=1S/C9H7ClN2O3/c1-6(5-11)15-9-3-2-7(10)4-8(9)12(13)14/h2-4,6H,1H3. The minimum atomic E-state index is -0.745. The average Bonchev–Trinajstić information content (AvgIpc) is 2.20. The van der Waals surface area contributed by atoms with Gasteiger partial charge in [0, 0.05) is 11.1 Å². The summed E-state index contributed by atoms with van der Waals surface area (Å²) in [5, 5.41) is 19.4. The van der Waals surface area contributed by atoms with Gasteiger partial charge in [0.05, 0.1) is 4.92 Å². The van der Waals surface area contributed by atoms with Crippen LogP contribution in [0.15, 0.2) is 18.2 Å². The van der Waals surface area contributed by atoms with Gasteiger partial charge in [0.2, 0.25) is 0 Å². The van der Waals surface area contributed by atoms with Gasteiger partial charge in [-0.3, -0.25) is 10.1 Å². The average molecular weight is 227 g/mol. The SMILES string of the molecule is CC(C#N)Oc1ccc(Cl)cc1[N+](=O)[O-]. The molecule has 1 rings (SSSR count). The third-order valence-electron chi connectivity index (χ3n) is 1.60. The molecule has 0 fully saturated rings. The van der Waals surface area contributed by atoms with Crippen molar-refractivity contribution < 1.29 is 9.66 Å². The van der Waals surface area contributed by atoms with Crippen molar-refractivity contribution in [2.75, 3.05) is 0 Å². The van der Waals surface area contributed by atoms with E-state index in [4.69, 9.17) is 21.6 Å². The van der Waals surface area contributed by atoms with Crippen LogP contribution in [0.5, 0.6) is 5.75 Å². The van der Waals surface area contributed by atoms with Gasteiger partial charge in [-0.25, -0.2) is 0 Å². The lowest BCUT2D eigenvalue weighted by atomic mass is 10.3. The van der Waals surface area contributed by atoms with Gasteiger partial charge in [-0.05, 0) is 19.1 Å². The Balaban J connectivity index is 3.07. The second kappa shape index (κ2) is 4.62. The number of nitrogens with zero attached hydrogens (tertiary/aromatic N) is 2. The van der Waals surface area contributed by atoms with Crippen LogP contribution in [0.1, 0.15) is 6.92 Å². The maximum atomic E-state index is 10.6. The first-order chi connectivity index (χ1) is 7.04. The fourth-order valence-electron chi connectivity index (χ4n) is 0.950. The van der Waals surface area contributed by atoms with Crippen LogP contribution >= 0.6 is 11.6 Å². The van der Waals surface area contributed by atoms with Gasteiger partial charge in [-0.1, -0.05) is 11.6 Å². The first-order valence-corrected chi connectivity index (χ1v) is 4.42. The van der Waals surface area contributed by atoms with Crippen molar-refractivity contribution in [3.63, 3.8) is 0 Å². The van der Waals surface area contributed by atoms with E-state index in [1.165, 1.54) is 25.1 Å². The van der Waals surface area contributed by atoms with E-state index < -0.39 is 11.0 Å². The fourth-order valence-corrected chi connectivity index (χ4v) is 1.12. The molecule has 0 N–H and O–H groups in total.